The van der Waals surface area contributed by atoms with Gasteiger partial charge in [-0.05, 0) is 36.6 Å². The van der Waals surface area contributed by atoms with E-state index in [9.17, 15) is 0 Å². The molecular formula is C21H21NS2. The quantitative estimate of drug-likeness (QED) is 0.602. The predicted molar refractivity (Wildman–Crippen MR) is 108 cm³/mol. The van der Waals surface area contributed by atoms with Crippen LogP contribution in [0.25, 0.3) is 4.91 Å². The van der Waals surface area contributed by atoms with E-state index in [2.05, 4.69) is 66.7 Å². The zero-order valence-electron chi connectivity index (χ0n) is 13.7. The molecule has 24 heavy (non-hydrogen) atoms. The lowest BCUT2D eigenvalue weighted by molar-refractivity contribution is 0.363. The number of benzene rings is 2. The van der Waals surface area contributed by atoms with Crippen molar-refractivity contribution in [2.24, 2.45) is 4.99 Å². The molecule has 1 aliphatic heterocycles. The zero-order chi connectivity index (χ0) is 16.2. The highest BCUT2D eigenvalue weighted by Gasteiger charge is 2.34. The molecule has 0 bridgehead atoms. The third-order valence-electron chi connectivity index (χ3n) is 4.64. The molecule has 2 aliphatic rings. The van der Waals surface area contributed by atoms with E-state index in [4.69, 9.17) is 4.99 Å². The molecule has 1 saturated carbocycles. The van der Waals surface area contributed by atoms with E-state index in [1.807, 2.05) is 11.8 Å². The molecule has 2 aromatic carbocycles. The van der Waals surface area contributed by atoms with Crippen molar-refractivity contribution < 1.29 is 0 Å². The van der Waals surface area contributed by atoms with E-state index >= 15 is 0 Å². The Morgan fingerprint density at radius 3 is 2.21 bits per heavy atom. The van der Waals surface area contributed by atoms with Gasteiger partial charge < -0.3 is 0 Å². The zero-order valence-corrected chi connectivity index (χ0v) is 15.3. The Balaban J connectivity index is 1.67. The van der Waals surface area contributed by atoms with Gasteiger partial charge in [-0.3, -0.25) is 4.99 Å². The summed E-state index contributed by atoms with van der Waals surface area (Å²) in [4.78, 5) is 7.84. The highest BCUT2D eigenvalue weighted by molar-refractivity contribution is 8.42. The first-order valence-electron chi connectivity index (χ1n) is 8.62. The summed E-state index contributed by atoms with van der Waals surface area (Å²) in [6, 6.07) is 21.4. The van der Waals surface area contributed by atoms with Gasteiger partial charge in [-0.1, -0.05) is 91.3 Å². The third kappa shape index (κ3) is 3.62. The minimum absolute atomic E-state index is 0.0196. The molecule has 0 N–H and O–H groups in total. The molecule has 2 aromatic rings. The van der Waals surface area contributed by atoms with Crippen molar-refractivity contribution in [3.63, 3.8) is 0 Å². The molecule has 4 rings (SSSR count). The van der Waals surface area contributed by atoms with Gasteiger partial charge in [0.1, 0.15) is 4.38 Å². The molecule has 0 atom stereocenters. The smallest absolute Gasteiger partial charge is 0.135 e. The lowest BCUT2D eigenvalue weighted by Crippen LogP contribution is -2.29. The largest absolute Gasteiger partial charge is 0.260 e. The van der Waals surface area contributed by atoms with Crippen LogP contribution in [0.5, 0.6) is 0 Å². The molecule has 1 fully saturated rings. The Labute approximate surface area is 152 Å². The number of aliphatic imine (C=N–C) groups is 1. The number of thioether (sulfide) groups is 2. The van der Waals surface area contributed by atoms with Crippen LogP contribution in [0.2, 0.25) is 0 Å². The Morgan fingerprint density at radius 1 is 0.833 bits per heavy atom. The van der Waals surface area contributed by atoms with E-state index in [0.29, 0.717) is 0 Å². The van der Waals surface area contributed by atoms with Crippen LogP contribution in [0.4, 0.5) is 0 Å². The Hall–Kier alpha value is -1.45. The lowest BCUT2D eigenvalue weighted by atomic mass is 9.81. The minimum atomic E-state index is 0.0196. The number of nitrogens with zero attached hydrogens (tertiary/aromatic N) is 1. The van der Waals surface area contributed by atoms with Crippen molar-refractivity contribution in [2.75, 3.05) is 0 Å². The van der Waals surface area contributed by atoms with Crippen LogP contribution in [-0.2, 0) is 0 Å². The Morgan fingerprint density at radius 2 is 1.50 bits per heavy atom. The van der Waals surface area contributed by atoms with Gasteiger partial charge in [-0.2, -0.15) is 0 Å². The first-order chi connectivity index (χ1) is 11.8. The topological polar surface area (TPSA) is 12.4 Å². The van der Waals surface area contributed by atoms with Gasteiger partial charge in [0.05, 0.1) is 5.54 Å². The van der Waals surface area contributed by atoms with Crippen LogP contribution in [0.3, 0.4) is 0 Å². The summed E-state index contributed by atoms with van der Waals surface area (Å²) in [7, 11) is 0. The van der Waals surface area contributed by atoms with Crippen molar-refractivity contribution in [3.8, 4) is 0 Å². The molecule has 0 saturated heterocycles. The van der Waals surface area contributed by atoms with Crippen molar-refractivity contribution in [1.29, 1.82) is 0 Å². The highest BCUT2D eigenvalue weighted by Crippen LogP contribution is 2.46. The summed E-state index contributed by atoms with van der Waals surface area (Å²) in [5.74, 6) is 0. The molecule has 1 aliphatic carbocycles. The lowest BCUT2D eigenvalue weighted by Gasteiger charge is -2.35. The summed E-state index contributed by atoms with van der Waals surface area (Å²) in [6.45, 7) is 0. The maximum Gasteiger partial charge on any atom is 0.135 e. The van der Waals surface area contributed by atoms with E-state index in [-0.39, 0.29) is 5.54 Å². The molecule has 0 unspecified atom stereocenters. The van der Waals surface area contributed by atoms with Gasteiger partial charge in [-0.15, -0.1) is 0 Å². The fourth-order valence-electron chi connectivity index (χ4n) is 3.40. The minimum Gasteiger partial charge on any atom is -0.260 e. The molecule has 0 amide bonds. The number of hydrogen-bond acceptors (Lipinski definition) is 3. The van der Waals surface area contributed by atoms with E-state index in [1.165, 1.54) is 51.8 Å². The number of hydrogen-bond donors (Lipinski definition) is 0. The molecule has 1 spiro atoms. The van der Waals surface area contributed by atoms with Crippen molar-refractivity contribution in [3.05, 3.63) is 72.3 Å². The monoisotopic (exact) mass is 351 g/mol. The van der Waals surface area contributed by atoms with Gasteiger partial charge >= 0.3 is 0 Å². The summed E-state index contributed by atoms with van der Waals surface area (Å²) in [5, 5.41) is 0. The van der Waals surface area contributed by atoms with Crippen LogP contribution >= 0.6 is 23.5 Å². The first-order valence-corrected chi connectivity index (χ1v) is 10.3. The maximum atomic E-state index is 5.21. The summed E-state index contributed by atoms with van der Waals surface area (Å²) in [6.07, 6.45) is 8.73. The summed E-state index contributed by atoms with van der Waals surface area (Å²) in [5.41, 5.74) is 1.33. The molecule has 1 nitrogen and oxygen atoms in total. The first kappa shape index (κ1) is 16.0. The normalized spacial score (nSPS) is 19.7. The van der Waals surface area contributed by atoms with Crippen molar-refractivity contribution in [1.82, 2.24) is 0 Å². The van der Waals surface area contributed by atoms with Gasteiger partial charge in [0.15, 0.2) is 0 Å². The standard InChI is InChI=1S/C21H21NS2/c1-4-10-17(11-5-1)19-16-21(14-8-3-9-15-21)22-20(24-19)23-18-12-6-2-7-13-18/h1-2,4-7,10-13,16H,3,8-9,14-15H2. The third-order valence-corrected chi connectivity index (χ3v) is 6.75. The molecule has 122 valence electrons. The second-order valence-electron chi connectivity index (χ2n) is 6.43. The Bertz CT molecular complexity index is 744. The molecule has 1 heterocycles. The maximum absolute atomic E-state index is 5.21. The second kappa shape index (κ2) is 7.20. The number of rotatable bonds is 2. The molecule has 3 heteroatoms. The van der Waals surface area contributed by atoms with Crippen molar-refractivity contribution in [2.45, 2.75) is 42.5 Å². The fraction of sp³-hybridized carbons (Fsp3) is 0.286. The summed E-state index contributed by atoms with van der Waals surface area (Å²) < 4.78 is 1.18. The highest BCUT2D eigenvalue weighted by atomic mass is 32.2. The van der Waals surface area contributed by atoms with Gasteiger partial charge in [0.2, 0.25) is 0 Å². The average Bonchev–Trinajstić information content (AvgIpc) is 2.63. The van der Waals surface area contributed by atoms with E-state index < -0.39 is 0 Å². The average molecular weight is 352 g/mol. The van der Waals surface area contributed by atoms with Crippen molar-refractivity contribution >= 4 is 32.8 Å². The Kier molecular flexibility index (Phi) is 4.81. The van der Waals surface area contributed by atoms with Crippen LogP contribution in [-0.4, -0.2) is 9.91 Å². The van der Waals surface area contributed by atoms with Crippen LogP contribution < -0.4 is 0 Å². The molecule has 0 aromatic heterocycles. The SMILES string of the molecule is C1=C(c2ccccc2)SC(Sc2ccccc2)=NC12CCCCC2. The fourth-order valence-corrected chi connectivity index (χ4v) is 5.80. The van der Waals surface area contributed by atoms with Crippen LogP contribution in [0, 0.1) is 0 Å². The van der Waals surface area contributed by atoms with Gasteiger partial charge in [0.25, 0.3) is 0 Å². The van der Waals surface area contributed by atoms with Gasteiger partial charge in [0, 0.05) is 9.80 Å². The van der Waals surface area contributed by atoms with Gasteiger partial charge in [-0.25, -0.2) is 0 Å². The van der Waals surface area contributed by atoms with E-state index in [0.717, 1.165) is 0 Å². The molecular weight excluding hydrogens is 330 g/mol. The molecule has 0 radical (unpaired) electrons. The second-order valence-corrected chi connectivity index (χ2v) is 8.79. The van der Waals surface area contributed by atoms with Crippen LogP contribution in [0.1, 0.15) is 37.7 Å². The predicted octanol–water partition coefficient (Wildman–Crippen LogP) is 6.63. The van der Waals surface area contributed by atoms with Crippen LogP contribution in [0.15, 0.2) is 76.6 Å². The summed E-state index contributed by atoms with van der Waals surface area (Å²) >= 11 is 3.62. The van der Waals surface area contributed by atoms with E-state index in [1.54, 1.807) is 11.8 Å².